The second-order valence-corrected chi connectivity index (χ2v) is 7.98. The maximum atomic E-state index is 11.3. The molecule has 0 radical (unpaired) electrons. The van der Waals surface area contributed by atoms with E-state index in [1.165, 1.54) is 0 Å². The molecule has 0 amide bonds. The van der Waals surface area contributed by atoms with Crippen molar-refractivity contribution in [3.05, 3.63) is 83.1 Å². The van der Waals surface area contributed by atoms with Crippen LogP contribution in [0.5, 0.6) is 5.75 Å². The molecule has 162 valence electrons. The van der Waals surface area contributed by atoms with Crippen LogP contribution in [0.3, 0.4) is 0 Å². The fraction of sp³-hybridized carbons (Fsp3) is 0.292. The molecule has 3 rings (SSSR count). The lowest BCUT2D eigenvalue weighted by Crippen LogP contribution is -2.28. The Bertz CT molecular complexity index is 1000. The van der Waals surface area contributed by atoms with Gasteiger partial charge in [0.05, 0.1) is 18.8 Å². The molecule has 31 heavy (non-hydrogen) atoms. The van der Waals surface area contributed by atoms with E-state index in [2.05, 4.69) is 4.98 Å². The molecule has 1 N–H and O–H groups in total. The van der Waals surface area contributed by atoms with Gasteiger partial charge in [-0.05, 0) is 36.8 Å². The molecule has 0 atom stereocenters. The number of carboxylic acid groups (broad SMARTS) is 1. The van der Waals surface area contributed by atoms with Crippen molar-refractivity contribution in [2.24, 2.45) is 0 Å². The minimum Gasteiger partial charge on any atom is -0.493 e. The van der Waals surface area contributed by atoms with E-state index in [0.717, 1.165) is 36.5 Å². The van der Waals surface area contributed by atoms with Crippen LogP contribution in [0.4, 0.5) is 0 Å². The molecule has 0 fully saturated rings. The summed E-state index contributed by atoms with van der Waals surface area (Å²) in [4.78, 5) is 17.6. The number of ether oxygens (including phenoxy) is 1. The van der Waals surface area contributed by atoms with Gasteiger partial charge in [0, 0.05) is 25.3 Å². The maximum Gasteiger partial charge on any atom is 0.317 e. The summed E-state index contributed by atoms with van der Waals surface area (Å²) in [5, 5.41) is 9.25. The molecule has 0 saturated heterocycles. The molecule has 0 bridgehead atoms. The zero-order valence-corrected chi connectivity index (χ0v) is 18.7. The molecule has 7 heteroatoms. The zero-order valence-electron chi connectivity index (χ0n) is 17.8. The molecule has 0 aliphatic rings. The number of benzene rings is 2. The SMILES string of the molecule is CP=Cc1nc(CCOc2ccc(CN(CC(=O)O)Cc3ccccc3)cc2)c(C)o1. The Labute approximate surface area is 184 Å². The van der Waals surface area contributed by atoms with Crippen molar-refractivity contribution >= 4 is 20.0 Å². The van der Waals surface area contributed by atoms with E-state index >= 15 is 0 Å². The van der Waals surface area contributed by atoms with E-state index in [9.17, 15) is 9.90 Å². The summed E-state index contributed by atoms with van der Waals surface area (Å²) in [6.07, 6.45) is 0.676. The number of carboxylic acids is 1. The highest BCUT2D eigenvalue weighted by molar-refractivity contribution is 7.38. The average molecular weight is 438 g/mol. The predicted molar refractivity (Wildman–Crippen MR) is 123 cm³/mol. The third-order valence-electron chi connectivity index (χ3n) is 4.69. The second-order valence-electron chi connectivity index (χ2n) is 7.21. The number of aromatic nitrogens is 1. The average Bonchev–Trinajstić information content (AvgIpc) is 3.09. The third kappa shape index (κ3) is 7.35. The van der Waals surface area contributed by atoms with Crippen LogP contribution in [0.15, 0.2) is 59.0 Å². The van der Waals surface area contributed by atoms with Crippen molar-refractivity contribution in [1.29, 1.82) is 0 Å². The van der Waals surface area contributed by atoms with Gasteiger partial charge in [0.1, 0.15) is 11.5 Å². The Morgan fingerprint density at radius 3 is 2.45 bits per heavy atom. The van der Waals surface area contributed by atoms with Gasteiger partial charge in [0.15, 0.2) is 0 Å². The third-order valence-corrected chi connectivity index (χ3v) is 5.17. The van der Waals surface area contributed by atoms with Crippen LogP contribution >= 0.6 is 8.20 Å². The molecule has 1 aromatic heterocycles. The lowest BCUT2D eigenvalue weighted by molar-refractivity contribution is -0.138. The minimum absolute atomic E-state index is 0.0128. The van der Waals surface area contributed by atoms with Gasteiger partial charge >= 0.3 is 5.97 Å². The number of aryl methyl sites for hydroxylation is 1. The van der Waals surface area contributed by atoms with Gasteiger partial charge in [0.25, 0.3) is 0 Å². The fourth-order valence-corrected chi connectivity index (χ4v) is 3.59. The van der Waals surface area contributed by atoms with E-state index in [-0.39, 0.29) is 6.54 Å². The zero-order chi connectivity index (χ0) is 22.1. The smallest absolute Gasteiger partial charge is 0.317 e. The van der Waals surface area contributed by atoms with Gasteiger partial charge in [-0.2, -0.15) is 0 Å². The van der Waals surface area contributed by atoms with E-state index in [1.54, 1.807) is 0 Å². The first-order valence-corrected chi connectivity index (χ1v) is 11.5. The van der Waals surface area contributed by atoms with Gasteiger partial charge in [0.2, 0.25) is 5.89 Å². The number of hydrogen-bond acceptors (Lipinski definition) is 5. The molecule has 6 nitrogen and oxygen atoms in total. The number of oxazole rings is 1. The lowest BCUT2D eigenvalue weighted by atomic mass is 10.1. The molecular weight excluding hydrogens is 411 g/mol. The number of carbonyl (C=O) groups is 1. The number of hydrogen-bond donors (Lipinski definition) is 1. The van der Waals surface area contributed by atoms with Gasteiger partial charge < -0.3 is 14.3 Å². The Hall–Kier alpha value is -2.95. The van der Waals surface area contributed by atoms with Crippen molar-refractivity contribution < 1.29 is 19.1 Å². The normalized spacial score (nSPS) is 11.3. The Balaban J connectivity index is 1.54. The summed E-state index contributed by atoms with van der Waals surface area (Å²) in [6.45, 7) is 5.57. The maximum absolute atomic E-state index is 11.3. The van der Waals surface area contributed by atoms with E-state index in [1.807, 2.05) is 78.9 Å². The summed E-state index contributed by atoms with van der Waals surface area (Å²) < 4.78 is 11.5. The summed E-state index contributed by atoms with van der Waals surface area (Å²) >= 11 is 0. The number of rotatable bonds is 11. The van der Waals surface area contributed by atoms with Crippen molar-refractivity contribution in [2.75, 3.05) is 19.8 Å². The van der Waals surface area contributed by atoms with Crippen molar-refractivity contribution in [2.45, 2.75) is 26.4 Å². The second kappa shape index (κ2) is 11.4. The van der Waals surface area contributed by atoms with Crippen LogP contribution in [-0.4, -0.2) is 46.6 Å². The van der Waals surface area contributed by atoms with Crippen LogP contribution in [0.25, 0.3) is 0 Å². The van der Waals surface area contributed by atoms with Crippen molar-refractivity contribution in [3.8, 4) is 5.75 Å². The summed E-state index contributed by atoms with van der Waals surface area (Å²) in [6, 6.07) is 17.7. The molecule has 2 aromatic carbocycles. The topological polar surface area (TPSA) is 75.8 Å². The molecule has 0 unspecified atom stereocenters. The molecule has 0 spiro atoms. The highest BCUT2D eigenvalue weighted by Gasteiger charge is 2.12. The van der Waals surface area contributed by atoms with Crippen LogP contribution in [0, 0.1) is 6.92 Å². The summed E-state index contributed by atoms with van der Waals surface area (Å²) in [5.74, 6) is 3.35. The minimum atomic E-state index is -0.835. The highest BCUT2D eigenvalue weighted by Crippen LogP contribution is 2.16. The first kappa shape index (κ1) is 22.7. The van der Waals surface area contributed by atoms with E-state index in [0.29, 0.717) is 32.0 Å². The van der Waals surface area contributed by atoms with Gasteiger partial charge in [-0.15, -0.1) is 8.20 Å². The van der Waals surface area contributed by atoms with Crippen LogP contribution in [0.2, 0.25) is 0 Å². The van der Waals surface area contributed by atoms with Crippen molar-refractivity contribution in [3.63, 3.8) is 0 Å². The molecule has 0 aliphatic heterocycles. The highest BCUT2D eigenvalue weighted by atomic mass is 31.1. The standard InChI is InChI=1S/C24H27N2O4P/c1-18-22(25-23(30-18)17-31-2)12-13-29-21-10-8-20(9-11-21)15-26(16-24(27)28)14-19-6-4-3-5-7-19/h3-11,17H,12-16H2,1-2H3,(H,27,28). The van der Waals surface area contributed by atoms with E-state index < -0.39 is 5.97 Å². The van der Waals surface area contributed by atoms with E-state index in [4.69, 9.17) is 9.15 Å². The Kier molecular flexibility index (Phi) is 8.39. The molecule has 1 heterocycles. The van der Waals surface area contributed by atoms with Gasteiger partial charge in [-0.25, -0.2) is 4.98 Å². The van der Waals surface area contributed by atoms with Crippen LogP contribution < -0.4 is 4.74 Å². The Morgan fingerprint density at radius 1 is 1.13 bits per heavy atom. The van der Waals surface area contributed by atoms with Gasteiger partial charge in [-0.1, -0.05) is 42.5 Å². The quantitative estimate of drug-likeness (QED) is 0.447. The summed E-state index contributed by atoms with van der Waals surface area (Å²) in [7, 11) is 1.11. The largest absolute Gasteiger partial charge is 0.493 e. The van der Waals surface area contributed by atoms with Gasteiger partial charge in [-0.3, -0.25) is 9.69 Å². The number of nitrogens with zero attached hydrogens (tertiary/aromatic N) is 2. The molecule has 0 aliphatic carbocycles. The van der Waals surface area contributed by atoms with Crippen LogP contribution in [0.1, 0.15) is 28.5 Å². The molecular formula is C24H27N2O4P. The predicted octanol–water partition coefficient (Wildman–Crippen LogP) is 4.42. The summed E-state index contributed by atoms with van der Waals surface area (Å²) in [5.41, 5.74) is 3.04. The molecule has 0 saturated carbocycles. The van der Waals surface area contributed by atoms with Crippen LogP contribution in [-0.2, 0) is 24.3 Å². The Morgan fingerprint density at radius 2 is 1.81 bits per heavy atom. The van der Waals surface area contributed by atoms with Crippen molar-refractivity contribution in [1.82, 2.24) is 9.88 Å². The fourth-order valence-electron chi connectivity index (χ4n) is 3.26. The molecule has 3 aromatic rings. The lowest BCUT2D eigenvalue weighted by Gasteiger charge is -2.20. The first-order valence-electron chi connectivity index (χ1n) is 10.1. The first-order chi connectivity index (χ1) is 15.0. The monoisotopic (exact) mass is 438 g/mol. The number of aliphatic carboxylic acids is 1.